The summed E-state index contributed by atoms with van der Waals surface area (Å²) in [6.07, 6.45) is 23.5. The van der Waals surface area contributed by atoms with Gasteiger partial charge in [-0.1, -0.05) is 48.6 Å². The molecule has 0 spiro atoms. The molecule has 0 aliphatic heterocycles. The van der Waals surface area contributed by atoms with E-state index in [4.69, 9.17) is 0 Å². The summed E-state index contributed by atoms with van der Waals surface area (Å²) < 4.78 is 0. The molecule has 0 amide bonds. The molecule has 1 radical (unpaired) electrons. The van der Waals surface area contributed by atoms with Crippen LogP contribution in [0.2, 0.25) is 0 Å². The fourth-order valence-corrected chi connectivity index (χ4v) is 1.27. The van der Waals surface area contributed by atoms with Gasteiger partial charge in [0.1, 0.15) is 0 Å². The van der Waals surface area contributed by atoms with Crippen molar-refractivity contribution in [2.45, 2.75) is 32.1 Å². The van der Waals surface area contributed by atoms with Gasteiger partial charge in [0.15, 0.2) is 0 Å². The van der Waals surface area contributed by atoms with E-state index in [9.17, 15) is 0 Å². The van der Waals surface area contributed by atoms with Crippen LogP contribution in [-0.2, 0) is 20.1 Å². The molecule has 0 unspecified atom stereocenters. The average molecular weight is 367 g/mol. The van der Waals surface area contributed by atoms with Crippen molar-refractivity contribution in [3.05, 3.63) is 48.6 Å². The summed E-state index contributed by atoms with van der Waals surface area (Å²) >= 11 is 0. The Labute approximate surface area is 101 Å². The summed E-state index contributed by atoms with van der Waals surface area (Å²) in [5.41, 5.74) is 0. The van der Waals surface area contributed by atoms with E-state index < -0.39 is 0 Å². The molecule has 0 nitrogen and oxygen atoms in total. The van der Waals surface area contributed by atoms with Crippen molar-refractivity contribution in [1.29, 1.82) is 0 Å². The quantitative estimate of drug-likeness (QED) is 0.604. The molecule has 2 rings (SSSR count). The molecule has 0 bridgehead atoms. The van der Waals surface area contributed by atoms with Gasteiger partial charge in [-0.05, 0) is 32.1 Å². The first-order valence-corrected chi connectivity index (χ1v) is 5.13. The Hall–Kier alpha value is -0.391. The number of rotatable bonds is 0. The summed E-state index contributed by atoms with van der Waals surface area (Å²) in [4.78, 5) is 0. The van der Waals surface area contributed by atoms with Crippen LogP contribution in [0.15, 0.2) is 48.6 Å². The van der Waals surface area contributed by atoms with Gasteiger partial charge in [-0.3, -0.25) is 0 Å². The molecule has 0 atom stereocenters. The topological polar surface area (TPSA) is 0 Å². The second-order valence-corrected chi connectivity index (χ2v) is 3.23. The van der Waals surface area contributed by atoms with E-state index in [2.05, 4.69) is 48.6 Å². The number of hydrogen-bond donors (Lipinski definition) is 0. The molecule has 0 aromatic rings. The van der Waals surface area contributed by atoms with E-state index >= 15 is 0 Å². The number of allylic oxidation sites excluding steroid dienone is 8. The predicted octanol–water partition coefficient (Wildman–Crippen LogP) is 4.17. The fourth-order valence-electron chi connectivity index (χ4n) is 1.27. The van der Waals surface area contributed by atoms with E-state index in [0.29, 0.717) is 0 Å². The first-order chi connectivity index (χ1) is 6.50. The minimum absolute atomic E-state index is 0. The zero-order chi connectivity index (χ0) is 9.19. The van der Waals surface area contributed by atoms with Gasteiger partial charge < -0.3 is 0 Å². The first kappa shape index (κ1) is 13.6. The molecule has 0 aromatic carbocycles. The predicted molar refractivity (Wildman–Crippen MR) is 59.6 cm³/mol. The Morgan fingerprint density at radius 1 is 0.571 bits per heavy atom. The van der Waals surface area contributed by atoms with Crippen molar-refractivity contribution in [1.82, 2.24) is 0 Å². The van der Waals surface area contributed by atoms with Gasteiger partial charge in [0.05, 0.1) is 0 Å². The summed E-state index contributed by atoms with van der Waals surface area (Å²) in [7, 11) is 0. The van der Waals surface area contributed by atoms with Crippen molar-refractivity contribution < 1.29 is 20.1 Å². The Morgan fingerprint density at radius 3 is 1.36 bits per heavy atom. The van der Waals surface area contributed by atoms with E-state index in [-0.39, 0.29) is 20.1 Å². The van der Waals surface area contributed by atoms with Crippen LogP contribution >= 0.6 is 0 Å². The van der Waals surface area contributed by atoms with Crippen molar-refractivity contribution in [3.8, 4) is 0 Å². The molecule has 14 heavy (non-hydrogen) atoms. The second-order valence-electron chi connectivity index (χ2n) is 3.23. The Bertz CT molecular complexity index is 197. The molecule has 1 heteroatoms. The van der Waals surface area contributed by atoms with Gasteiger partial charge in [-0.15, -0.1) is 0 Å². The Kier molecular flexibility index (Phi) is 10.4. The van der Waals surface area contributed by atoms with Crippen molar-refractivity contribution in [3.63, 3.8) is 0 Å². The Balaban J connectivity index is 0.000000246. The van der Waals surface area contributed by atoms with Gasteiger partial charge in [-0.2, -0.15) is 0 Å². The van der Waals surface area contributed by atoms with E-state index in [0.717, 1.165) is 6.42 Å². The van der Waals surface area contributed by atoms with Crippen LogP contribution in [0.4, 0.5) is 0 Å². The molecular formula is C13H18Ir. The molecular weight excluding hydrogens is 348 g/mol. The van der Waals surface area contributed by atoms with E-state index in [1.54, 1.807) is 0 Å². The standard InChI is InChI=1S/C8H12.C5H6.Ir/c1-2-4-6-8-7-5-3-1;1-2-4-5-3-1;/h1-4H,5-8H2;1-4H,5H2;/b3-1-,4-2-;;. The molecule has 79 valence electrons. The first-order valence-electron chi connectivity index (χ1n) is 5.13. The van der Waals surface area contributed by atoms with E-state index in [1.807, 2.05) is 0 Å². The van der Waals surface area contributed by atoms with Crippen LogP contribution < -0.4 is 0 Å². The molecule has 0 fully saturated rings. The van der Waals surface area contributed by atoms with Crippen LogP contribution in [0.1, 0.15) is 32.1 Å². The van der Waals surface area contributed by atoms with Crippen LogP contribution in [0, 0.1) is 0 Å². The summed E-state index contributed by atoms with van der Waals surface area (Å²) in [5, 5.41) is 0. The zero-order valence-corrected chi connectivity index (χ0v) is 10.9. The molecule has 2 aliphatic rings. The second kappa shape index (κ2) is 10.7. The van der Waals surface area contributed by atoms with Crippen LogP contribution in [0.5, 0.6) is 0 Å². The normalized spacial score (nSPS) is 22.3. The van der Waals surface area contributed by atoms with Crippen molar-refractivity contribution in [2.75, 3.05) is 0 Å². The van der Waals surface area contributed by atoms with Crippen molar-refractivity contribution >= 4 is 0 Å². The largest absolute Gasteiger partial charge is 0.0845 e. The molecule has 0 saturated heterocycles. The zero-order valence-electron chi connectivity index (χ0n) is 8.49. The molecule has 2 aliphatic carbocycles. The Morgan fingerprint density at radius 2 is 1.00 bits per heavy atom. The third-order valence-corrected chi connectivity index (χ3v) is 2.03. The number of hydrogen-bond acceptors (Lipinski definition) is 0. The summed E-state index contributed by atoms with van der Waals surface area (Å²) in [6, 6.07) is 0. The monoisotopic (exact) mass is 367 g/mol. The van der Waals surface area contributed by atoms with Gasteiger partial charge in [-0.25, -0.2) is 0 Å². The third kappa shape index (κ3) is 8.22. The third-order valence-electron chi connectivity index (χ3n) is 2.03. The minimum Gasteiger partial charge on any atom is -0.0845 e. The van der Waals surface area contributed by atoms with Crippen LogP contribution in [-0.4, -0.2) is 0 Å². The molecule has 0 N–H and O–H groups in total. The van der Waals surface area contributed by atoms with Gasteiger partial charge >= 0.3 is 0 Å². The fraction of sp³-hybridized carbons (Fsp3) is 0.385. The molecule has 0 aromatic heterocycles. The maximum atomic E-state index is 2.23. The van der Waals surface area contributed by atoms with Gasteiger partial charge in [0.25, 0.3) is 0 Å². The van der Waals surface area contributed by atoms with Crippen molar-refractivity contribution in [2.24, 2.45) is 0 Å². The molecule has 0 saturated carbocycles. The maximum absolute atomic E-state index is 2.23. The average Bonchev–Trinajstić information content (AvgIpc) is 2.58. The minimum atomic E-state index is 0. The summed E-state index contributed by atoms with van der Waals surface area (Å²) in [5.74, 6) is 0. The van der Waals surface area contributed by atoms with Crippen LogP contribution in [0.25, 0.3) is 0 Å². The maximum Gasteiger partial charge on any atom is 0 e. The van der Waals surface area contributed by atoms with Crippen LogP contribution in [0.3, 0.4) is 0 Å². The smallest absolute Gasteiger partial charge is 0 e. The van der Waals surface area contributed by atoms with E-state index in [1.165, 1.54) is 25.7 Å². The van der Waals surface area contributed by atoms with Gasteiger partial charge in [0, 0.05) is 20.1 Å². The molecule has 0 heterocycles. The van der Waals surface area contributed by atoms with Gasteiger partial charge in [0.2, 0.25) is 0 Å². The summed E-state index contributed by atoms with van der Waals surface area (Å²) in [6.45, 7) is 0. The SMILES string of the molecule is C1=CCC=C1.C1=C\CCCC\C=C/1.[Ir].